The SMILES string of the molecule is CCCNCC(C)S(=O)(=O)Nc1cccc(Br)c1C. The molecule has 6 heteroatoms. The Morgan fingerprint density at radius 3 is 2.68 bits per heavy atom. The third-order valence-corrected chi connectivity index (χ3v) is 5.50. The van der Waals surface area contributed by atoms with Crippen LogP contribution in [0.4, 0.5) is 5.69 Å². The molecule has 108 valence electrons. The van der Waals surface area contributed by atoms with Crippen molar-refractivity contribution in [1.82, 2.24) is 5.32 Å². The van der Waals surface area contributed by atoms with E-state index in [2.05, 4.69) is 32.9 Å². The number of nitrogens with one attached hydrogen (secondary N) is 2. The summed E-state index contributed by atoms with van der Waals surface area (Å²) in [6.07, 6.45) is 0.991. The maximum atomic E-state index is 12.2. The molecule has 1 aromatic rings. The molecule has 0 aromatic heterocycles. The van der Waals surface area contributed by atoms with E-state index in [4.69, 9.17) is 0 Å². The third-order valence-electron chi connectivity index (χ3n) is 2.91. The minimum Gasteiger partial charge on any atom is -0.315 e. The molecule has 0 heterocycles. The van der Waals surface area contributed by atoms with Crippen LogP contribution in [0.2, 0.25) is 0 Å². The predicted octanol–water partition coefficient (Wildman–Crippen LogP) is 2.89. The van der Waals surface area contributed by atoms with Crippen molar-refractivity contribution < 1.29 is 8.42 Å². The van der Waals surface area contributed by atoms with Gasteiger partial charge in [0.15, 0.2) is 0 Å². The van der Waals surface area contributed by atoms with Crippen LogP contribution in [0.3, 0.4) is 0 Å². The van der Waals surface area contributed by atoms with Crippen LogP contribution < -0.4 is 10.0 Å². The summed E-state index contributed by atoms with van der Waals surface area (Å²) in [5, 5.41) is 2.65. The summed E-state index contributed by atoms with van der Waals surface area (Å²) in [5.74, 6) is 0. The first-order chi connectivity index (χ1) is 8.88. The van der Waals surface area contributed by atoms with Gasteiger partial charge in [-0.3, -0.25) is 4.72 Å². The van der Waals surface area contributed by atoms with Gasteiger partial charge in [-0.1, -0.05) is 28.9 Å². The van der Waals surface area contributed by atoms with Gasteiger partial charge in [0, 0.05) is 11.0 Å². The smallest absolute Gasteiger partial charge is 0.236 e. The summed E-state index contributed by atoms with van der Waals surface area (Å²) in [6.45, 7) is 6.92. The van der Waals surface area contributed by atoms with Crippen LogP contribution >= 0.6 is 15.9 Å². The van der Waals surface area contributed by atoms with Crippen molar-refractivity contribution in [2.45, 2.75) is 32.4 Å². The standard InChI is InChI=1S/C13H21BrN2O2S/c1-4-8-15-9-10(2)19(17,18)16-13-7-5-6-12(14)11(13)3/h5-7,10,15-16H,4,8-9H2,1-3H3. The third kappa shape index (κ3) is 4.78. The van der Waals surface area contributed by atoms with Gasteiger partial charge in [-0.2, -0.15) is 0 Å². The lowest BCUT2D eigenvalue weighted by atomic mass is 10.2. The molecule has 1 unspecified atom stereocenters. The van der Waals surface area contributed by atoms with Crippen LogP contribution in [0, 0.1) is 6.92 Å². The van der Waals surface area contributed by atoms with Gasteiger partial charge in [-0.05, 0) is 44.5 Å². The summed E-state index contributed by atoms with van der Waals surface area (Å²) < 4.78 is 27.9. The van der Waals surface area contributed by atoms with Gasteiger partial charge in [0.1, 0.15) is 0 Å². The molecule has 0 aliphatic heterocycles. The van der Waals surface area contributed by atoms with E-state index < -0.39 is 15.3 Å². The first-order valence-electron chi connectivity index (χ1n) is 6.36. The molecule has 0 aliphatic carbocycles. The number of rotatable bonds is 7. The number of benzene rings is 1. The van der Waals surface area contributed by atoms with E-state index in [0.717, 1.165) is 23.0 Å². The molecule has 0 saturated carbocycles. The lowest BCUT2D eigenvalue weighted by molar-refractivity contribution is 0.575. The lowest BCUT2D eigenvalue weighted by Crippen LogP contribution is -2.35. The molecular weight excluding hydrogens is 328 g/mol. The van der Waals surface area contributed by atoms with E-state index in [-0.39, 0.29) is 0 Å². The summed E-state index contributed by atoms with van der Waals surface area (Å²) in [7, 11) is -3.37. The molecule has 4 nitrogen and oxygen atoms in total. The predicted molar refractivity (Wildman–Crippen MR) is 84.0 cm³/mol. The van der Waals surface area contributed by atoms with Crippen molar-refractivity contribution >= 4 is 31.6 Å². The first-order valence-corrected chi connectivity index (χ1v) is 8.70. The van der Waals surface area contributed by atoms with E-state index in [1.54, 1.807) is 13.0 Å². The van der Waals surface area contributed by atoms with Gasteiger partial charge < -0.3 is 5.32 Å². The van der Waals surface area contributed by atoms with Gasteiger partial charge in [0.2, 0.25) is 10.0 Å². The Morgan fingerprint density at radius 2 is 2.05 bits per heavy atom. The highest BCUT2D eigenvalue weighted by atomic mass is 79.9. The Kier molecular flexibility index (Phi) is 6.29. The van der Waals surface area contributed by atoms with Gasteiger partial charge in [-0.15, -0.1) is 0 Å². The number of hydrogen-bond acceptors (Lipinski definition) is 3. The molecule has 0 amide bonds. The van der Waals surface area contributed by atoms with Crippen LogP contribution in [0.25, 0.3) is 0 Å². The second-order valence-electron chi connectivity index (χ2n) is 4.57. The molecule has 0 saturated heterocycles. The molecule has 19 heavy (non-hydrogen) atoms. The Morgan fingerprint density at radius 1 is 1.37 bits per heavy atom. The van der Waals surface area contributed by atoms with E-state index in [1.165, 1.54) is 0 Å². The summed E-state index contributed by atoms with van der Waals surface area (Å²) in [6, 6.07) is 5.47. The van der Waals surface area contributed by atoms with E-state index >= 15 is 0 Å². The Bertz CT molecular complexity index is 517. The lowest BCUT2D eigenvalue weighted by Gasteiger charge is -2.17. The highest BCUT2D eigenvalue weighted by Gasteiger charge is 2.21. The maximum absolute atomic E-state index is 12.2. The fourth-order valence-corrected chi connectivity index (χ4v) is 3.00. The summed E-state index contributed by atoms with van der Waals surface area (Å²) in [5.41, 5.74) is 1.51. The fourth-order valence-electron chi connectivity index (χ4n) is 1.56. The number of hydrogen-bond donors (Lipinski definition) is 2. The highest BCUT2D eigenvalue weighted by molar-refractivity contribution is 9.10. The van der Waals surface area contributed by atoms with Crippen LogP contribution in [0.15, 0.2) is 22.7 Å². The van der Waals surface area contributed by atoms with Crippen molar-refractivity contribution in [2.75, 3.05) is 17.8 Å². The second kappa shape index (κ2) is 7.26. The molecule has 0 spiro atoms. The number of sulfonamides is 1. The van der Waals surface area contributed by atoms with Crippen LogP contribution in [0.1, 0.15) is 25.8 Å². The molecule has 1 atom stereocenters. The van der Waals surface area contributed by atoms with Crippen molar-refractivity contribution in [3.05, 3.63) is 28.2 Å². The zero-order chi connectivity index (χ0) is 14.5. The largest absolute Gasteiger partial charge is 0.315 e. The summed E-state index contributed by atoms with van der Waals surface area (Å²) in [4.78, 5) is 0. The molecule has 1 aromatic carbocycles. The quantitative estimate of drug-likeness (QED) is 0.745. The molecule has 2 N–H and O–H groups in total. The Balaban J connectivity index is 2.76. The zero-order valence-corrected chi connectivity index (χ0v) is 13.9. The Hall–Kier alpha value is -0.590. The van der Waals surface area contributed by atoms with Gasteiger partial charge in [0.25, 0.3) is 0 Å². The van der Waals surface area contributed by atoms with E-state index in [0.29, 0.717) is 12.2 Å². The van der Waals surface area contributed by atoms with Gasteiger partial charge in [0.05, 0.1) is 10.9 Å². The first kappa shape index (κ1) is 16.5. The minimum atomic E-state index is -3.37. The molecule has 1 rings (SSSR count). The van der Waals surface area contributed by atoms with Gasteiger partial charge >= 0.3 is 0 Å². The van der Waals surface area contributed by atoms with E-state index in [1.807, 2.05) is 19.1 Å². The zero-order valence-electron chi connectivity index (χ0n) is 11.5. The van der Waals surface area contributed by atoms with Gasteiger partial charge in [-0.25, -0.2) is 8.42 Å². The van der Waals surface area contributed by atoms with Crippen LogP contribution in [0.5, 0.6) is 0 Å². The molecule has 0 radical (unpaired) electrons. The molecular formula is C13H21BrN2O2S. The number of anilines is 1. The maximum Gasteiger partial charge on any atom is 0.236 e. The van der Waals surface area contributed by atoms with Crippen molar-refractivity contribution in [1.29, 1.82) is 0 Å². The van der Waals surface area contributed by atoms with E-state index in [9.17, 15) is 8.42 Å². The minimum absolute atomic E-state index is 0.455. The molecule has 0 bridgehead atoms. The van der Waals surface area contributed by atoms with Crippen molar-refractivity contribution in [3.63, 3.8) is 0 Å². The number of halogens is 1. The summed E-state index contributed by atoms with van der Waals surface area (Å²) >= 11 is 3.39. The fraction of sp³-hybridized carbons (Fsp3) is 0.538. The topological polar surface area (TPSA) is 58.2 Å². The average molecular weight is 349 g/mol. The molecule has 0 aliphatic rings. The normalized spacial score (nSPS) is 13.3. The average Bonchev–Trinajstić information content (AvgIpc) is 2.35. The van der Waals surface area contributed by atoms with Crippen LogP contribution in [-0.2, 0) is 10.0 Å². The second-order valence-corrected chi connectivity index (χ2v) is 7.53. The van der Waals surface area contributed by atoms with Crippen LogP contribution in [-0.4, -0.2) is 26.8 Å². The molecule has 0 fully saturated rings. The Labute approximate surface area is 124 Å². The monoisotopic (exact) mass is 348 g/mol. The van der Waals surface area contributed by atoms with Crippen molar-refractivity contribution in [3.8, 4) is 0 Å². The van der Waals surface area contributed by atoms with Crippen molar-refractivity contribution in [2.24, 2.45) is 0 Å². The highest BCUT2D eigenvalue weighted by Crippen LogP contribution is 2.24.